The standard InChI is InChI=1S/C11H12O3S/c1-13-8-2-4-9(5-3-8)15-10-6-11(12)14-7-10/h2-5,10H,6-7H2,1H3/t10-/m0/s1. The van der Waals surface area contributed by atoms with Crippen molar-refractivity contribution in [2.45, 2.75) is 16.6 Å². The van der Waals surface area contributed by atoms with Crippen LogP contribution in [0.2, 0.25) is 0 Å². The molecule has 0 saturated carbocycles. The Balaban J connectivity index is 1.96. The van der Waals surface area contributed by atoms with Gasteiger partial charge in [-0.3, -0.25) is 4.79 Å². The molecule has 4 heteroatoms. The number of ether oxygens (including phenoxy) is 2. The second-order valence-corrected chi connectivity index (χ2v) is 4.68. The van der Waals surface area contributed by atoms with Crippen LogP contribution in [-0.4, -0.2) is 24.9 Å². The number of cyclic esters (lactones) is 1. The van der Waals surface area contributed by atoms with E-state index >= 15 is 0 Å². The van der Waals surface area contributed by atoms with Crippen molar-refractivity contribution < 1.29 is 14.3 Å². The van der Waals surface area contributed by atoms with Gasteiger partial charge in [-0.15, -0.1) is 11.8 Å². The fraction of sp³-hybridized carbons (Fsp3) is 0.364. The van der Waals surface area contributed by atoms with Gasteiger partial charge in [0.05, 0.1) is 18.8 Å². The molecule has 3 nitrogen and oxygen atoms in total. The van der Waals surface area contributed by atoms with Crippen LogP contribution in [0.4, 0.5) is 0 Å². The van der Waals surface area contributed by atoms with E-state index in [4.69, 9.17) is 9.47 Å². The van der Waals surface area contributed by atoms with E-state index in [1.807, 2.05) is 24.3 Å². The lowest BCUT2D eigenvalue weighted by Crippen LogP contribution is -1.99. The van der Waals surface area contributed by atoms with Crippen molar-refractivity contribution in [1.82, 2.24) is 0 Å². The summed E-state index contributed by atoms with van der Waals surface area (Å²) < 4.78 is 9.97. The third-order valence-electron chi connectivity index (χ3n) is 2.19. The first-order valence-corrected chi connectivity index (χ1v) is 5.62. The number of methoxy groups -OCH3 is 1. The van der Waals surface area contributed by atoms with E-state index in [0.29, 0.717) is 13.0 Å². The van der Waals surface area contributed by atoms with Gasteiger partial charge in [0.2, 0.25) is 0 Å². The Morgan fingerprint density at radius 3 is 2.67 bits per heavy atom. The van der Waals surface area contributed by atoms with Crippen molar-refractivity contribution in [3.63, 3.8) is 0 Å². The third-order valence-corrected chi connectivity index (χ3v) is 3.37. The number of carbonyl (C=O) groups is 1. The summed E-state index contributed by atoms with van der Waals surface area (Å²) in [5.74, 6) is 0.749. The zero-order valence-corrected chi connectivity index (χ0v) is 9.25. The molecule has 80 valence electrons. The molecule has 0 amide bonds. The van der Waals surface area contributed by atoms with Gasteiger partial charge in [-0.2, -0.15) is 0 Å². The van der Waals surface area contributed by atoms with E-state index in [1.165, 1.54) is 0 Å². The number of carbonyl (C=O) groups excluding carboxylic acids is 1. The Morgan fingerprint density at radius 1 is 1.40 bits per heavy atom. The Bertz CT molecular complexity index is 347. The molecule has 1 heterocycles. The molecular weight excluding hydrogens is 212 g/mol. The Morgan fingerprint density at radius 2 is 2.13 bits per heavy atom. The second kappa shape index (κ2) is 4.57. The van der Waals surface area contributed by atoms with Crippen LogP contribution < -0.4 is 4.74 Å². The fourth-order valence-electron chi connectivity index (χ4n) is 1.41. The molecule has 1 aliphatic rings. The average molecular weight is 224 g/mol. The molecule has 1 aliphatic heterocycles. The van der Waals surface area contributed by atoms with Gasteiger partial charge in [-0.05, 0) is 24.3 Å². The van der Waals surface area contributed by atoms with Crippen LogP contribution in [0.5, 0.6) is 5.75 Å². The van der Waals surface area contributed by atoms with Crippen LogP contribution in [0.1, 0.15) is 6.42 Å². The highest BCUT2D eigenvalue weighted by Gasteiger charge is 2.24. The predicted molar refractivity (Wildman–Crippen MR) is 58.2 cm³/mol. The lowest BCUT2D eigenvalue weighted by atomic mass is 10.3. The number of hydrogen-bond donors (Lipinski definition) is 0. The molecule has 0 unspecified atom stereocenters. The van der Waals surface area contributed by atoms with E-state index in [1.54, 1.807) is 18.9 Å². The van der Waals surface area contributed by atoms with Crippen LogP contribution in [0.25, 0.3) is 0 Å². The topological polar surface area (TPSA) is 35.5 Å². The fourth-order valence-corrected chi connectivity index (χ4v) is 2.45. The minimum absolute atomic E-state index is 0.0963. The lowest BCUT2D eigenvalue weighted by molar-refractivity contribution is -0.137. The number of benzene rings is 1. The number of esters is 1. The van der Waals surface area contributed by atoms with Crippen LogP contribution >= 0.6 is 11.8 Å². The number of hydrogen-bond acceptors (Lipinski definition) is 4. The van der Waals surface area contributed by atoms with Gasteiger partial charge in [-0.1, -0.05) is 0 Å². The van der Waals surface area contributed by atoms with E-state index in [0.717, 1.165) is 10.6 Å². The minimum atomic E-state index is -0.0963. The molecule has 0 radical (unpaired) electrons. The first kappa shape index (κ1) is 10.4. The summed E-state index contributed by atoms with van der Waals surface area (Å²) in [4.78, 5) is 12.0. The summed E-state index contributed by atoms with van der Waals surface area (Å²) in [7, 11) is 1.64. The quantitative estimate of drug-likeness (QED) is 0.737. The van der Waals surface area contributed by atoms with Crippen molar-refractivity contribution in [2.75, 3.05) is 13.7 Å². The van der Waals surface area contributed by atoms with Gasteiger partial charge in [0.15, 0.2) is 0 Å². The largest absolute Gasteiger partial charge is 0.497 e. The van der Waals surface area contributed by atoms with Crippen molar-refractivity contribution >= 4 is 17.7 Å². The third kappa shape index (κ3) is 2.65. The van der Waals surface area contributed by atoms with Crippen molar-refractivity contribution in [3.8, 4) is 5.75 Å². The predicted octanol–water partition coefficient (Wildman–Crippen LogP) is 2.10. The summed E-state index contributed by atoms with van der Waals surface area (Å²) >= 11 is 1.67. The summed E-state index contributed by atoms with van der Waals surface area (Å²) in [6, 6.07) is 7.82. The molecule has 1 saturated heterocycles. The maximum atomic E-state index is 10.9. The monoisotopic (exact) mass is 224 g/mol. The molecule has 1 fully saturated rings. The Kier molecular flexibility index (Phi) is 3.16. The molecule has 0 N–H and O–H groups in total. The molecule has 0 bridgehead atoms. The number of rotatable bonds is 3. The van der Waals surface area contributed by atoms with Gasteiger partial charge < -0.3 is 9.47 Å². The van der Waals surface area contributed by atoms with Crippen molar-refractivity contribution in [3.05, 3.63) is 24.3 Å². The molecule has 0 spiro atoms. The highest BCUT2D eigenvalue weighted by molar-refractivity contribution is 8.00. The molecule has 15 heavy (non-hydrogen) atoms. The highest BCUT2D eigenvalue weighted by Crippen LogP contribution is 2.30. The second-order valence-electron chi connectivity index (χ2n) is 3.30. The highest BCUT2D eigenvalue weighted by atomic mass is 32.2. The SMILES string of the molecule is COc1ccc(S[C@@H]2COC(=O)C2)cc1. The first-order valence-electron chi connectivity index (χ1n) is 4.74. The van der Waals surface area contributed by atoms with Crippen molar-refractivity contribution in [1.29, 1.82) is 0 Å². The van der Waals surface area contributed by atoms with Gasteiger partial charge >= 0.3 is 5.97 Å². The molecular formula is C11H12O3S. The van der Waals surface area contributed by atoms with Gasteiger partial charge in [0.25, 0.3) is 0 Å². The smallest absolute Gasteiger partial charge is 0.307 e. The summed E-state index contributed by atoms with van der Waals surface area (Å²) in [5.41, 5.74) is 0. The van der Waals surface area contributed by atoms with Gasteiger partial charge in [-0.25, -0.2) is 0 Å². The van der Waals surface area contributed by atoms with E-state index in [-0.39, 0.29) is 11.2 Å². The molecule has 1 aromatic rings. The molecule has 1 aromatic carbocycles. The normalized spacial score (nSPS) is 20.1. The van der Waals surface area contributed by atoms with Crippen LogP contribution in [-0.2, 0) is 9.53 Å². The lowest BCUT2D eigenvalue weighted by Gasteiger charge is -2.06. The van der Waals surface area contributed by atoms with Crippen LogP contribution in [0.3, 0.4) is 0 Å². The van der Waals surface area contributed by atoms with Crippen LogP contribution in [0, 0.1) is 0 Å². The van der Waals surface area contributed by atoms with Gasteiger partial charge in [0, 0.05) is 4.90 Å². The Hall–Kier alpha value is -1.16. The van der Waals surface area contributed by atoms with Crippen molar-refractivity contribution in [2.24, 2.45) is 0 Å². The molecule has 1 atom stereocenters. The van der Waals surface area contributed by atoms with Gasteiger partial charge in [0.1, 0.15) is 12.4 Å². The number of thioether (sulfide) groups is 1. The van der Waals surface area contributed by atoms with E-state index in [9.17, 15) is 4.79 Å². The Labute approximate surface area is 92.8 Å². The maximum absolute atomic E-state index is 10.9. The summed E-state index contributed by atoms with van der Waals surface area (Å²) in [6.07, 6.45) is 0.511. The zero-order valence-electron chi connectivity index (χ0n) is 8.43. The minimum Gasteiger partial charge on any atom is -0.497 e. The van der Waals surface area contributed by atoms with E-state index < -0.39 is 0 Å². The first-order chi connectivity index (χ1) is 7.28. The average Bonchev–Trinajstić information content (AvgIpc) is 2.65. The molecule has 0 aliphatic carbocycles. The van der Waals surface area contributed by atoms with Crippen LogP contribution in [0.15, 0.2) is 29.2 Å². The maximum Gasteiger partial charge on any atom is 0.307 e. The summed E-state index contributed by atoms with van der Waals surface area (Å²) in [6.45, 7) is 0.523. The summed E-state index contributed by atoms with van der Waals surface area (Å²) in [5, 5.41) is 0.255. The zero-order chi connectivity index (χ0) is 10.7. The molecule has 0 aromatic heterocycles. The molecule has 2 rings (SSSR count). The van der Waals surface area contributed by atoms with E-state index in [2.05, 4.69) is 0 Å².